The van der Waals surface area contributed by atoms with Crippen molar-refractivity contribution < 1.29 is 4.79 Å². The molecule has 0 aliphatic heterocycles. The van der Waals surface area contributed by atoms with Crippen molar-refractivity contribution in [2.24, 2.45) is 0 Å². The van der Waals surface area contributed by atoms with E-state index in [1.807, 2.05) is 17.8 Å². The first-order valence-corrected chi connectivity index (χ1v) is 8.10. The Hall–Kier alpha value is -1.36. The van der Waals surface area contributed by atoms with Crippen LogP contribution in [0.1, 0.15) is 57.6 Å². The molecule has 1 heterocycles. The average Bonchev–Trinajstić information content (AvgIpc) is 3.09. The molecule has 5 nitrogen and oxygen atoms in total. The lowest BCUT2D eigenvalue weighted by Gasteiger charge is -2.22. The van der Waals surface area contributed by atoms with Crippen LogP contribution in [-0.2, 0) is 4.79 Å². The molecule has 1 aliphatic carbocycles. The van der Waals surface area contributed by atoms with Gasteiger partial charge in [0.2, 0.25) is 5.91 Å². The molecule has 21 heavy (non-hydrogen) atoms. The van der Waals surface area contributed by atoms with Gasteiger partial charge in [-0.05, 0) is 39.2 Å². The SMILES string of the molecule is Cc1cnn([C@@H](C)[C@@H](C)NCCC(=O)NC2CCCC2)c1. The molecule has 2 atom stereocenters. The van der Waals surface area contributed by atoms with E-state index in [0.717, 1.165) is 12.8 Å². The summed E-state index contributed by atoms with van der Waals surface area (Å²) in [7, 11) is 0. The summed E-state index contributed by atoms with van der Waals surface area (Å²) in [6.45, 7) is 7.03. The van der Waals surface area contributed by atoms with Gasteiger partial charge in [-0.1, -0.05) is 12.8 Å². The predicted octanol–water partition coefficient (Wildman–Crippen LogP) is 2.18. The zero-order chi connectivity index (χ0) is 15.2. The van der Waals surface area contributed by atoms with Crippen LogP contribution in [-0.4, -0.2) is 34.3 Å². The van der Waals surface area contributed by atoms with Gasteiger partial charge in [-0.25, -0.2) is 0 Å². The zero-order valence-electron chi connectivity index (χ0n) is 13.4. The van der Waals surface area contributed by atoms with Gasteiger partial charge in [-0.15, -0.1) is 0 Å². The molecule has 1 amide bonds. The fourth-order valence-electron chi connectivity index (χ4n) is 2.84. The van der Waals surface area contributed by atoms with Gasteiger partial charge < -0.3 is 10.6 Å². The minimum Gasteiger partial charge on any atom is -0.353 e. The summed E-state index contributed by atoms with van der Waals surface area (Å²) in [5, 5.41) is 10.9. The molecule has 118 valence electrons. The first-order chi connectivity index (χ1) is 10.1. The van der Waals surface area contributed by atoms with Crippen molar-refractivity contribution in [3.8, 4) is 0 Å². The van der Waals surface area contributed by atoms with Gasteiger partial charge in [-0.3, -0.25) is 9.48 Å². The quantitative estimate of drug-likeness (QED) is 0.810. The Labute approximate surface area is 127 Å². The lowest BCUT2D eigenvalue weighted by Crippen LogP contribution is -2.38. The van der Waals surface area contributed by atoms with Crippen LogP contribution in [0.3, 0.4) is 0 Å². The lowest BCUT2D eigenvalue weighted by atomic mass is 10.1. The summed E-state index contributed by atoms with van der Waals surface area (Å²) < 4.78 is 1.98. The topological polar surface area (TPSA) is 59.0 Å². The highest BCUT2D eigenvalue weighted by molar-refractivity contribution is 5.76. The van der Waals surface area contributed by atoms with Crippen LogP contribution < -0.4 is 10.6 Å². The third-order valence-electron chi connectivity index (χ3n) is 4.41. The smallest absolute Gasteiger partial charge is 0.221 e. The van der Waals surface area contributed by atoms with Gasteiger partial charge in [0, 0.05) is 31.2 Å². The largest absolute Gasteiger partial charge is 0.353 e. The number of carbonyl (C=O) groups is 1. The molecule has 1 fully saturated rings. The van der Waals surface area contributed by atoms with Gasteiger partial charge in [0.05, 0.1) is 12.2 Å². The summed E-state index contributed by atoms with van der Waals surface area (Å²) in [4.78, 5) is 11.9. The Balaban J connectivity index is 1.66. The summed E-state index contributed by atoms with van der Waals surface area (Å²) in [6.07, 6.45) is 9.26. The number of hydrogen-bond donors (Lipinski definition) is 2. The van der Waals surface area contributed by atoms with Crippen molar-refractivity contribution in [3.63, 3.8) is 0 Å². The molecule has 1 aliphatic rings. The molecule has 5 heteroatoms. The maximum absolute atomic E-state index is 11.9. The number of amides is 1. The molecule has 2 N–H and O–H groups in total. The molecule has 2 rings (SSSR count). The second-order valence-electron chi connectivity index (χ2n) is 6.28. The molecule has 0 spiro atoms. The maximum Gasteiger partial charge on any atom is 0.221 e. The van der Waals surface area contributed by atoms with Gasteiger partial charge in [0.15, 0.2) is 0 Å². The van der Waals surface area contributed by atoms with Gasteiger partial charge in [0.1, 0.15) is 0 Å². The Kier molecular flexibility index (Phi) is 5.79. The van der Waals surface area contributed by atoms with Crippen LogP contribution in [0, 0.1) is 6.92 Å². The van der Waals surface area contributed by atoms with E-state index in [2.05, 4.69) is 35.8 Å². The van der Waals surface area contributed by atoms with Crippen LogP contribution in [0.2, 0.25) is 0 Å². The predicted molar refractivity (Wildman–Crippen MR) is 84.2 cm³/mol. The normalized spacial score (nSPS) is 18.6. The lowest BCUT2D eigenvalue weighted by molar-refractivity contribution is -0.121. The summed E-state index contributed by atoms with van der Waals surface area (Å²) in [6, 6.07) is 0.973. The van der Waals surface area contributed by atoms with E-state index in [1.165, 1.54) is 18.4 Å². The van der Waals surface area contributed by atoms with E-state index in [0.29, 0.717) is 19.0 Å². The molecule has 0 bridgehead atoms. The number of rotatable bonds is 7. The highest BCUT2D eigenvalue weighted by Gasteiger charge is 2.18. The number of nitrogens with one attached hydrogen (secondary N) is 2. The fraction of sp³-hybridized carbons (Fsp3) is 0.750. The van der Waals surface area contributed by atoms with Crippen LogP contribution in [0.15, 0.2) is 12.4 Å². The molecule has 0 unspecified atom stereocenters. The van der Waals surface area contributed by atoms with Gasteiger partial charge >= 0.3 is 0 Å². The van der Waals surface area contributed by atoms with Crippen LogP contribution in [0.4, 0.5) is 0 Å². The van der Waals surface area contributed by atoms with Crippen molar-refractivity contribution in [1.82, 2.24) is 20.4 Å². The monoisotopic (exact) mass is 292 g/mol. The number of nitrogens with zero attached hydrogens (tertiary/aromatic N) is 2. The van der Waals surface area contributed by atoms with Crippen LogP contribution in [0.5, 0.6) is 0 Å². The van der Waals surface area contributed by atoms with E-state index in [9.17, 15) is 4.79 Å². The van der Waals surface area contributed by atoms with E-state index in [1.54, 1.807) is 0 Å². The van der Waals surface area contributed by atoms with Crippen molar-refractivity contribution in [3.05, 3.63) is 18.0 Å². The molecular weight excluding hydrogens is 264 g/mol. The van der Waals surface area contributed by atoms with Crippen molar-refractivity contribution in [2.45, 2.75) is 71.0 Å². The fourth-order valence-corrected chi connectivity index (χ4v) is 2.84. The van der Waals surface area contributed by atoms with E-state index < -0.39 is 0 Å². The van der Waals surface area contributed by atoms with Crippen molar-refractivity contribution >= 4 is 5.91 Å². The summed E-state index contributed by atoms with van der Waals surface area (Å²) in [5.74, 6) is 0.171. The van der Waals surface area contributed by atoms with E-state index in [4.69, 9.17) is 0 Å². The Bertz CT molecular complexity index is 451. The van der Waals surface area contributed by atoms with E-state index >= 15 is 0 Å². The first kappa shape index (κ1) is 16.0. The standard InChI is InChI=1S/C16H28N4O/c1-12-10-18-20(11-12)14(3)13(2)17-9-8-16(21)19-15-6-4-5-7-15/h10-11,13-15,17H,4-9H2,1-3H3,(H,19,21)/t13-,14+/m1/s1. The molecule has 0 aromatic carbocycles. The molecule has 0 radical (unpaired) electrons. The maximum atomic E-state index is 11.9. The Morgan fingerprint density at radius 2 is 2.14 bits per heavy atom. The molecule has 1 aromatic heterocycles. The van der Waals surface area contributed by atoms with Crippen molar-refractivity contribution in [2.75, 3.05) is 6.54 Å². The van der Waals surface area contributed by atoms with Crippen molar-refractivity contribution in [1.29, 1.82) is 0 Å². The summed E-state index contributed by atoms with van der Waals surface area (Å²) in [5.41, 5.74) is 1.17. The molecule has 0 saturated heterocycles. The highest BCUT2D eigenvalue weighted by atomic mass is 16.1. The van der Waals surface area contributed by atoms with Crippen LogP contribution >= 0.6 is 0 Å². The minimum absolute atomic E-state index is 0.171. The van der Waals surface area contributed by atoms with Crippen LogP contribution in [0.25, 0.3) is 0 Å². The Morgan fingerprint density at radius 1 is 1.43 bits per heavy atom. The third-order valence-corrected chi connectivity index (χ3v) is 4.41. The first-order valence-electron chi connectivity index (χ1n) is 8.10. The average molecular weight is 292 g/mol. The second kappa shape index (κ2) is 7.59. The van der Waals surface area contributed by atoms with E-state index in [-0.39, 0.29) is 18.0 Å². The highest BCUT2D eigenvalue weighted by Crippen LogP contribution is 2.17. The number of hydrogen-bond acceptors (Lipinski definition) is 3. The van der Waals surface area contributed by atoms with Gasteiger partial charge in [-0.2, -0.15) is 5.10 Å². The number of aryl methyl sites for hydroxylation is 1. The third kappa shape index (κ3) is 4.84. The number of aromatic nitrogens is 2. The zero-order valence-corrected chi connectivity index (χ0v) is 13.4. The Morgan fingerprint density at radius 3 is 2.76 bits per heavy atom. The molecule has 1 aromatic rings. The molecule has 1 saturated carbocycles. The molecular formula is C16H28N4O. The summed E-state index contributed by atoms with van der Waals surface area (Å²) >= 11 is 0. The number of carbonyl (C=O) groups excluding carboxylic acids is 1. The minimum atomic E-state index is 0.171. The second-order valence-corrected chi connectivity index (χ2v) is 6.28. The van der Waals surface area contributed by atoms with Gasteiger partial charge in [0.25, 0.3) is 0 Å².